The van der Waals surface area contributed by atoms with Crippen molar-refractivity contribution < 1.29 is 15.0 Å². The van der Waals surface area contributed by atoms with Crippen LogP contribution in [0.25, 0.3) is 0 Å². The molecule has 370 valence electrons. The fraction of sp³-hybridized carbons (Fsp3) is 0.750. The van der Waals surface area contributed by atoms with Crippen molar-refractivity contribution in [2.75, 3.05) is 6.61 Å². The van der Waals surface area contributed by atoms with Crippen LogP contribution >= 0.6 is 0 Å². The molecule has 0 aliphatic rings. The van der Waals surface area contributed by atoms with E-state index in [1.54, 1.807) is 0 Å². The van der Waals surface area contributed by atoms with Crippen LogP contribution < -0.4 is 5.32 Å². The lowest BCUT2D eigenvalue weighted by atomic mass is 10.0. The van der Waals surface area contributed by atoms with Crippen LogP contribution in [0.5, 0.6) is 0 Å². The van der Waals surface area contributed by atoms with Gasteiger partial charge < -0.3 is 15.5 Å². The second-order valence-corrected chi connectivity index (χ2v) is 18.6. The molecule has 0 bridgehead atoms. The van der Waals surface area contributed by atoms with Gasteiger partial charge in [-0.15, -0.1) is 0 Å². The van der Waals surface area contributed by atoms with Gasteiger partial charge in [-0.2, -0.15) is 0 Å². The maximum absolute atomic E-state index is 12.5. The molecule has 0 aromatic rings. The van der Waals surface area contributed by atoms with Gasteiger partial charge in [-0.25, -0.2) is 0 Å². The Morgan fingerprint density at radius 2 is 0.688 bits per heavy atom. The molecule has 0 heterocycles. The van der Waals surface area contributed by atoms with E-state index in [0.29, 0.717) is 12.8 Å². The van der Waals surface area contributed by atoms with Crippen molar-refractivity contribution in [1.82, 2.24) is 5.32 Å². The van der Waals surface area contributed by atoms with Crippen LogP contribution in [-0.2, 0) is 4.79 Å². The van der Waals surface area contributed by atoms with E-state index in [1.165, 1.54) is 173 Å². The molecular formula is C60H107NO3. The zero-order valence-corrected chi connectivity index (χ0v) is 42.5. The Kier molecular flexibility index (Phi) is 52.8. The van der Waals surface area contributed by atoms with E-state index < -0.39 is 12.1 Å². The molecule has 2 unspecified atom stereocenters. The van der Waals surface area contributed by atoms with Crippen LogP contribution in [0.2, 0.25) is 0 Å². The Bertz CT molecular complexity index is 1150. The number of rotatable bonds is 50. The molecule has 0 aromatic heterocycles. The normalized spacial score (nSPS) is 13.5. The molecule has 4 heteroatoms. The van der Waals surface area contributed by atoms with Crippen molar-refractivity contribution in [2.45, 2.75) is 283 Å². The summed E-state index contributed by atoms with van der Waals surface area (Å²) in [6.07, 6.45) is 79.9. The maximum Gasteiger partial charge on any atom is 0.220 e. The zero-order chi connectivity index (χ0) is 46.3. The first-order valence-corrected chi connectivity index (χ1v) is 27.8. The third-order valence-electron chi connectivity index (χ3n) is 12.4. The number of allylic oxidation sites excluding steroid dienone is 14. The summed E-state index contributed by atoms with van der Waals surface area (Å²) in [5.41, 5.74) is 0. The quantitative estimate of drug-likeness (QED) is 0.0421. The van der Waals surface area contributed by atoms with E-state index in [2.05, 4.69) is 104 Å². The SMILES string of the molecule is CC/C=C\C/C=C\C/C=C\C/C=C\C/C=C\C/C=C\C/C=C\CCCCCCCCCCCCCCCC(=O)NC(CO)C(O)CCCCCCCCCCCCCCCCCCC. The summed E-state index contributed by atoms with van der Waals surface area (Å²) in [6.45, 7) is 4.26. The molecule has 1 amide bonds. The van der Waals surface area contributed by atoms with Gasteiger partial charge in [0.1, 0.15) is 0 Å². The van der Waals surface area contributed by atoms with Crippen molar-refractivity contribution in [3.8, 4) is 0 Å². The van der Waals surface area contributed by atoms with E-state index in [9.17, 15) is 15.0 Å². The summed E-state index contributed by atoms with van der Waals surface area (Å²) in [4.78, 5) is 12.5. The Hall–Kier alpha value is -2.43. The number of unbranched alkanes of at least 4 members (excludes halogenated alkanes) is 29. The smallest absolute Gasteiger partial charge is 0.220 e. The van der Waals surface area contributed by atoms with Crippen LogP contribution in [0.15, 0.2) is 85.1 Å². The van der Waals surface area contributed by atoms with E-state index in [0.717, 1.165) is 70.6 Å². The van der Waals surface area contributed by atoms with Gasteiger partial charge in [-0.05, 0) is 70.6 Å². The van der Waals surface area contributed by atoms with Gasteiger partial charge in [-0.3, -0.25) is 4.79 Å². The molecule has 0 rings (SSSR count). The van der Waals surface area contributed by atoms with Gasteiger partial charge in [0.05, 0.1) is 18.8 Å². The first-order chi connectivity index (χ1) is 31.7. The minimum absolute atomic E-state index is 0.0335. The molecule has 0 saturated heterocycles. The predicted molar refractivity (Wildman–Crippen MR) is 285 cm³/mol. The standard InChI is InChI=1S/C60H107NO3/c1-3-5-7-9-11-13-15-17-19-21-22-23-24-25-26-27-28-29-30-31-32-33-34-35-36-37-38-40-42-44-46-48-50-52-54-56-60(64)61-58(57-62)59(63)55-53-51-49-47-45-43-41-39-20-18-16-14-12-10-8-6-4-2/h5,7,11,13,17,19,22-23,25-26,28-29,31-32,58-59,62-63H,3-4,6,8-10,12,14-16,18,20-21,24,27,30,33-57H2,1-2H3,(H,61,64)/b7-5-,13-11-,19-17-,23-22-,26-25-,29-28-,32-31-. The third-order valence-corrected chi connectivity index (χ3v) is 12.4. The molecule has 0 fully saturated rings. The van der Waals surface area contributed by atoms with E-state index in [1.807, 2.05) is 0 Å². The van der Waals surface area contributed by atoms with E-state index in [4.69, 9.17) is 0 Å². The van der Waals surface area contributed by atoms with Crippen LogP contribution in [0, 0.1) is 0 Å². The lowest BCUT2D eigenvalue weighted by molar-refractivity contribution is -0.123. The van der Waals surface area contributed by atoms with Gasteiger partial charge in [0.15, 0.2) is 0 Å². The summed E-state index contributed by atoms with van der Waals surface area (Å²) < 4.78 is 0. The Morgan fingerprint density at radius 3 is 1.03 bits per heavy atom. The lowest BCUT2D eigenvalue weighted by Crippen LogP contribution is -2.45. The van der Waals surface area contributed by atoms with Crippen LogP contribution in [0.4, 0.5) is 0 Å². The van der Waals surface area contributed by atoms with E-state index in [-0.39, 0.29) is 12.5 Å². The molecule has 3 N–H and O–H groups in total. The summed E-state index contributed by atoms with van der Waals surface area (Å²) >= 11 is 0. The van der Waals surface area contributed by atoms with Crippen LogP contribution in [0.3, 0.4) is 0 Å². The molecule has 0 radical (unpaired) electrons. The summed E-state index contributed by atoms with van der Waals surface area (Å²) in [7, 11) is 0. The fourth-order valence-corrected chi connectivity index (χ4v) is 8.22. The number of hydrogen-bond donors (Lipinski definition) is 3. The third kappa shape index (κ3) is 50.6. The number of carbonyl (C=O) groups excluding carboxylic acids is 1. The highest BCUT2D eigenvalue weighted by Gasteiger charge is 2.20. The lowest BCUT2D eigenvalue weighted by Gasteiger charge is -2.22. The van der Waals surface area contributed by atoms with Crippen molar-refractivity contribution in [3.05, 3.63) is 85.1 Å². The van der Waals surface area contributed by atoms with Gasteiger partial charge in [0.25, 0.3) is 0 Å². The molecule has 0 aliphatic heterocycles. The number of nitrogens with one attached hydrogen (secondary N) is 1. The van der Waals surface area contributed by atoms with Gasteiger partial charge in [-0.1, -0.05) is 279 Å². The highest BCUT2D eigenvalue weighted by Crippen LogP contribution is 2.17. The van der Waals surface area contributed by atoms with Crippen LogP contribution in [0.1, 0.15) is 271 Å². The van der Waals surface area contributed by atoms with Gasteiger partial charge in [0, 0.05) is 6.42 Å². The topological polar surface area (TPSA) is 69.6 Å². The zero-order valence-electron chi connectivity index (χ0n) is 42.5. The van der Waals surface area contributed by atoms with Crippen molar-refractivity contribution in [1.29, 1.82) is 0 Å². The Balaban J connectivity index is 3.51. The summed E-state index contributed by atoms with van der Waals surface area (Å²) in [5, 5.41) is 23.3. The van der Waals surface area contributed by atoms with Crippen molar-refractivity contribution in [3.63, 3.8) is 0 Å². The molecule has 4 nitrogen and oxygen atoms in total. The summed E-state index contributed by atoms with van der Waals surface area (Å²) in [6, 6.07) is -0.541. The minimum Gasteiger partial charge on any atom is -0.394 e. The molecule has 0 spiro atoms. The number of amides is 1. The molecular weight excluding hydrogens is 783 g/mol. The Morgan fingerprint density at radius 1 is 0.391 bits per heavy atom. The van der Waals surface area contributed by atoms with Crippen molar-refractivity contribution >= 4 is 5.91 Å². The molecule has 0 aliphatic carbocycles. The number of carbonyl (C=O) groups is 1. The average molecular weight is 891 g/mol. The largest absolute Gasteiger partial charge is 0.394 e. The highest BCUT2D eigenvalue weighted by molar-refractivity contribution is 5.76. The molecule has 64 heavy (non-hydrogen) atoms. The number of aliphatic hydroxyl groups is 2. The maximum atomic E-state index is 12.5. The fourth-order valence-electron chi connectivity index (χ4n) is 8.22. The number of hydrogen-bond acceptors (Lipinski definition) is 3. The minimum atomic E-state index is -0.664. The van der Waals surface area contributed by atoms with Gasteiger partial charge >= 0.3 is 0 Å². The molecule has 0 aromatic carbocycles. The predicted octanol–water partition coefficient (Wildman–Crippen LogP) is 18.4. The first kappa shape index (κ1) is 61.6. The van der Waals surface area contributed by atoms with E-state index >= 15 is 0 Å². The molecule has 2 atom stereocenters. The average Bonchev–Trinajstić information content (AvgIpc) is 3.30. The first-order valence-electron chi connectivity index (χ1n) is 27.8. The van der Waals surface area contributed by atoms with Crippen LogP contribution in [-0.4, -0.2) is 34.9 Å². The second kappa shape index (κ2) is 54.9. The molecule has 0 saturated carbocycles. The van der Waals surface area contributed by atoms with Crippen molar-refractivity contribution in [2.24, 2.45) is 0 Å². The number of aliphatic hydroxyl groups excluding tert-OH is 2. The highest BCUT2D eigenvalue weighted by atomic mass is 16.3. The monoisotopic (exact) mass is 890 g/mol. The Labute approximate surface area is 399 Å². The summed E-state index contributed by atoms with van der Waals surface area (Å²) in [5.74, 6) is -0.0335. The second-order valence-electron chi connectivity index (χ2n) is 18.6. The van der Waals surface area contributed by atoms with Gasteiger partial charge in [0.2, 0.25) is 5.91 Å².